The van der Waals surface area contributed by atoms with Crippen LogP contribution in [0.2, 0.25) is 0 Å². The van der Waals surface area contributed by atoms with Gasteiger partial charge in [0, 0.05) is 0 Å². The Hall–Kier alpha value is -1.77. The van der Waals surface area contributed by atoms with E-state index in [1.807, 2.05) is 0 Å². The number of amides is 2. The second-order valence-electron chi connectivity index (χ2n) is 3.00. The fourth-order valence-electron chi connectivity index (χ4n) is 1.03. The SMILES string of the molecule is NC(=O)NS(=O)(=O)c1cccc(C(F)(F)F)c1. The normalized spacial score (nSPS) is 12.2. The maximum atomic E-state index is 12.3. The smallest absolute Gasteiger partial charge is 0.351 e. The number of primary amides is 1. The number of hydrogen-bond acceptors (Lipinski definition) is 3. The third-order valence-electron chi connectivity index (χ3n) is 1.71. The van der Waals surface area contributed by atoms with E-state index in [1.165, 1.54) is 4.72 Å². The van der Waals surface area contributed by atoms with Crippen LogP contribution in [0.15, 0.2) is 29.2 Å². The zero-order chi connectivity index (χ0) is 13.3. The molecule has 0 aliphatic carbocycles. The van der Waals surface area contributed by atoms with Gasteiger partial charge in [0.25, 0.3) is 10.0 Å². The molecule has 0 fully saturated rings. The highest BCUT2D eigenvalue weighted by Gasteiger charge is 2.31. The molecule has 0 aliphatic rings. The van der Waals surface area contributed by atoms with E-state index in [9.17, 15) is 26.4 Å². The Morgan fingerprint density at radius 1 is 1.29 bits per heavy atom. The predicted octanol–water partition coefficient (Wildman–Crippen LogP) is 1.06. The number of benzene rings is 1. The first-order chi connectivity index (χ1) is 7.63. The zero-order valence-corrected chi connectivity index (χ0v) is 8.97. The Morgan fingerprint density at radius 2 is 1.88 bits per heavy atom. The van der Waals surface area contributed by atoms with E-state index >= 15 is 0 Å². The van der Waals surface area contributed by atoms with Crippen molar-refractivity contribution in [1.29, 1.82) is 0 Å². The number of sulfonamides is 1. The van der Waals surface area contributed by atoms with Gasteiger partial charge in [-0.25, -0.2) is 17.9 Å². The van der Waals surface area contributed by atoms with Crippen LogP contribution in [0.5, 0.6) is 0 Å². The molecule has 1 aromatic rings. The van der Waals surface area contributed by atoms with Crippen molar-refractivity contribution < 1.29 is 26.4 Å². The summed E-state index contributed by atoms with van der Waals surface area (Å²) in [5.74, 6) is 0. The van der Waals surface area contributed by atoms with Crippen molar-refractivity contribution in [3.8, 4) is 0 Å². The van der Waals surface area contributed by atoms with Crippen LogP contribution in [-0.4, -0.2) is 14.4 Å². The Kier molecular flexibility index (Phi) is 3.32. The molecule has 0 heterocycles. The number of carbonyl (C=O) groups is 1. The van der Waals surface area contributed by atoms with Gasteiger partial charge in [0.05, 0.1) is 10.5 Å². The number of halogens is 3. The van der Waals surface area contributed by atoms with E-state index in [0.717, 1.165) is 12.1 Å². The molecule has 94 valence electrons. The molecule has 0 aromatic heterocycles. The maximum absolute atomic E-state index is 12.3. The molecule has 2 amide bonds. The number of nitrogens with two attached hydrogens (primary N) is 1. The molecule has 1 aromatic carbocycles. The number of urea groups is 1. The minimum atomic E-state index is -4.67. The minimum Gasteiger partial charge on any atom is -0.351 e. The lowest BCUT2D eigenvalue weighted by atomic mass is 10.2. The van der Waals surface area contributed by atoms with Crippen molar-refractivity contribution in [3.05, 3.63) is 29.8 Å². The van der Waals surface area contributed by atoms with Crippen molar-refractivity contribution in [1.82, 2.24) is 4.72 Å². The first-order valence-corrected chi connectivity index (χ1v) is 5.61. The van der Waals surface area contributed by atoms with Crippen LogP contribution < -0.4 is 10.5 Å². The van der Waals surface area contributed by atoms with Crippen LogP contribution in [0, 0.1) is 0 Å². The minimum absolute atomic E-state index is 0.408. The number of alkyl halides is 3. The van der Waals surface area contributed by atoms with Crippen molar-refractivity contribution in [3.63, 3.8) is 0 Å². The molecule has 0 aliphatic heterocycles. The molecule has 0 bridgehead atoms. The molecule has 17 heavy (non-hydrogen) atoms. The summed E-state index contributed by atoms with van der Waals surface area (Å²) in [7, 11) is -4.37. The summed E-state index contributed by atoms with van der Waals surface area (Å²) in [6, 6.07) is 1.58. The van der Waals surface area contributed by atoms with Gasteiger partial charge < -0.3 is 5.73 Å². The summed E-state index contributed by atoms with van der Waals surface area (Å²) >= 11 is 0. The molecule has 1 rings (SSSR count). The van der Waals surface area contributed by atoms with E-state index < -0.39 is 32.7 Å². The first-order valence-electron chi connectivity index (χ1n) is 4.12. The molecule has 5 nitrogen and oxygen atoms in total. The molecule has 0 saturated carbocycles. The van der Waals surface area contributed by atoms with Gasteiger partial charge in [-0.05, 0) is 18.2 Å². The summed E-state index contributed by atoms with van der Waals surface area (Å²) in [5, 5.41) is 0. The second-order valence-corrected chi connectivity index (χ2v) is 4.68. The summed E-state index contributed by atoms with van der Waals surface area (Å²) in [6.45, 7) is 0. The molecular weight excluding hydrogens is 261 g/mol. The van der Waals surface area contributed by atoms with Gasteiger partial charge in [-0.15, -0.1) is 0 Å². The molecule has 0 radical (unpaired) electrons. The standard InChI is InChI=1S/C8H7F3N2O3S/c9-8(10,11)5-2-1-3-6(4-5)17(15,16)13-7(12)14/h1-4H,(H3,12,13,14). The first kappa shape index (κ1) is 13.3. The van der Waals surface area contributed by atoms with Crippen molar-refractivity contribution in [2.75, 3.05) is 0 Å². The lowest BCUT2D eigenvalue weighted by Gasteiger charge is -2.09. The average molecular weight is 268 g/mol. The number of rotatable bonds is 2. The quantitative estimate of drug-likeness (QED) is 0.840. The van der Waals surface area contributed by atoms with E-state index in [0.29, 0.717) is 12.1 Å². The average Bonchev–Trinajstić information content (AvgIpc) is 2.14. The highest BCUT2D eigenvalue weighted by molar-refractivity contribution is 7.90. The number of nitrogens with one attached hydrogen (secondary N) is 1. The van der Waals surface area contributed by atoms with Gasteiger partial charge >= 0.3 is 12.2 Å². The Bertz CT molecular complexity index is 539. The van der Waals surface area contributed by atoms with Gasteiger partial charge in [0.15, 0.2) is 0 Å². The van der Waals surface area contributed by atoms with E-state index in [4.69, 9.17) is 0 Å². The van der Waals surface area contributed by atoms with Crippen LogP contribution in [0.1, 0.15) is 5.56 Å². The van der Waals surface area contributed by atoms with Gasteiger partial charge in [0.1, 0.15) is 0 Å². The summed E-state index contributed by atoms with van der Waals surface area (Å²) < 4.78 is 61.0. The molecular formula is C8H7F3N2O3S. The van der Waals surface area contributed by atoms with Crippen molar-refractivity contribution >= 4 is 16.1 Å². The molecule has 9 heteroatoms. The van der Waals surface area contributed by atoms with Crippen molar-refractivity contribution in [2.24, 2.45) is 5.73 Å². The summed E-state index contributed by atoms with van der Waals surface area (Å²) in [5.41, 5.74) is 3.45. The molecule has 0 saturated heterocycles. The van der Waals surface area contributed by atoms with Gasteiger partial charge in [0.2, 0.25) is 0 Å². The Labute approximate surface area is 94.5 Å². The number of hydrogen-bond donors (Lipinski definition) is 2. The topological polar surface area (TPSA) is 89.3 Å². The molecule has 0 spiro atoms. The third kappa shape index (κ3) is 3.34. The monoisotopic (exact) mass is 268 g/mol. The fourth-order valence-corrected chi connectivity index (χ4v) is 1.95. The lowest BCUT2D eigenvalue weighted by molar-refractivity contribution is -0.137. The molecule has 0 unspecified atom stereocenters. The van der Waals surface area contributed by atoms with Gasteiger partial charge in [-0.3, -0.25) is 0 Å². The van der Waals surface area contributed by atoms with E-state index in [-0.39, 0.29) is 0 Å². The summed E-state index contributed by atoms with van der Waals surface area (Å²) in [4.78, 5) is 9.69. The molecule has 3 N–H and O–H groups in total. The maximum Gasteiger partial charge on any atom is 0.416 e. The van der Waals surface area contributed by atoms with Crippen LogP contribution in [-0.2, 0) is 16.2 Å². The van der Waals surface area contributed by atoms with E-state index in [1.54, 1.807) is 0 Å². The van der Waals surface area contributed by atoms with E-state index in [2.05, 4.69) is 5.73 Å². The number of carbonyl (C=O) groups excluding carboxylic acids is 1. The van der Waals surface area contributed by atoms with Crippen LogP contribution in [0.3, 0.4) is 0 Å². The van der Waals surface area contributed by atoms with Crippen molar-refractivity contribution in [2.45, 2.75) is 11.1 Å². The van der Waals surface area contributed by atoms with Crippen LogP contribution >= 0.6 is 0 Å². The van der Waals surface area contributed by atoms with Gasteiger partial charge in [-0.1, -0.05) is 6.07 Å². The predicted molar refractivity (Wildman–Crippen MR) is 51.3 cm³/mol. The highest BCUT2D eigenvalue weighted by Crippen LogP contribution is 2.30. The third-order valence-corrected chi connectivity index (χ3v) is 3.05. The van der Waals surface area contributed by atoms with Crippen LogP contribution in [0.25, 0.3) is 0 Å². The second kappa shape index (κ2) is 4.24. The Balaban J connectivity index is 3.21. The molecule has 0 atom stereocenters. The lowest BCUT2D eigenvalue weighted by Crippen LogP contribution is -2.35. The largest absolute Gasteiger partial charge is 0.416 e. The Morgan fingerprint density at radius 3 is 2.35 bits per heavy atom. The fraction of sp³-hybridized carbons (Fsp3) is 0.125. The highest BCUT2D eigenvalue weighted by atomic mass is 32.2. The zero-order valence-electron chi connectivity index (χ0n) is 8.15. The summed E-state index contributed by atoms with van der Waals surface area (Å²) in [6.07, 6.45) is -4.67. The van der Waals surface area contributed by atoms with Crippen LogP contribution in [0.4, 0.5) is 18.0 Å². The van der Waals surface area contributed by atoms with Gasteiger partial charge in [-0.2, -0.15) is 13.2 Å².